The Hall–Kier alpha value is -2.38. The van der Waals surface area contributed by atoms with Crippen molar-refractivity contribution in [1.29, 1.82) is 0 Å². The highest BCUT2D eigenvalue weighted by Crippen LogP contribution is 2.46. The number of ether oxygens (including phenoxy) is 1. The molecule has 0 saturated carbocycles. The number of hydrogen-bond donors (Lipinski definition) is 0. The molecular formula is C23H22O. The quantitative estimate of drug-likeness (QED) is 0.601. The molecular weight excluding hydrogens is 292 g/mol. The third-order valence-electron chi connectivity index (χ3n) is 5.10. The highest BCUT2D eigenvalue weighted by atomic mass is 16.5. The molecule has 0 N–H and O–H groups in total. The molecule has 0 aliphatic carbocycles. The summed E-state index contributed by atoms with van der Waals surface area (Å²) in [4.78, 5) is 0. The molecule has 24 heavy (non-hydrogen) atoms. The lowest BCUT2D eigenvalue weighted by atomic mass is 9.65. The minimum atomic E-state index is -0.264. The molecule has 120 valence electrons. The summed E-state index contributed by atoms with van der Waals surface area (Å²) in [5.41, 5.74) is 3.64. The summed E-state index contributed by atoms with van der Waals surface area (Å²) in [5.74, 6) is 0. The molecule has 1 aliphatic heterocycles. The van der Waals surface area contributed by atoms with E-state index in [2.05, 4.69) is 91.0 Å². The second kappa shape index (κ2) is 6.62. The van der Waals surface area contributed by atoms with Gasteiger partial charge in [0.05, 0.1) is 11.5 Å². The van der Waals surface area contributed by atoms with E-state index in [-0.39, 0.29) is 11.5 Å². The predicted octanol–water partition coefficient (Wildman–Crippen LogP) is 5.20. The zero-order valence-electron chi connectivity index (χ0n) is 13.8. The molecule has 0 amide bonds. The van der Waals surface area contributed by atoms with Crippen molar-refractivity contribution in [3.63, 3.8) is 0 Å². The first-order valence-corrected chi connectivity index (χ1v) is 8.70. The Labute approximate surface area is 143 Å². The van der Waals surface area contributed by atoms with E-state index >= 15 is 0 Å². The van der Waals surface area contributed by atoms with Gasteiger partial charge in [-0.15, -0.1) is 0 Å². The number of benzene rings is 3. The van der Waals surface area contributed by atoms with E-state index in [1.54, 1.807) is 0 Å². The molecule has 4 rings (SSSR count). The molecule has 0 aromatic heterocycles. The van der Waals surface area contributed by atoms with Crippen molar-refractivity contribution < 1.29 is 4.74 Å². The molecule has 1 nitrogen and oxygen atoms in total. The summed E-state index contributed by atoms with van der Waals surface area (Å²) in [6, 6.07) is 32.5. The Bertz CT molecular complexity index is 662. The van der Waals surface area contributed by atoms with Gasteiger partial charge in [0.25, 0.3) is 0 Å². The van der Waals surface area contributed by atoms with Crippen molar-refractivity contribution in [3.05, 3.63) is 108 Å². The van der Waals surface area contributed by atoms with Gasteiger partial charge in [-0.25, -0.2) is 0 Å². The lowest BCUT2D eigenvalue weighted by Crippen LogP contribution is -2.41. The van der Waals surface area contributed by atoms with Gasteiger partial charge in [-0.1, -0.05) is 91.0 Å². The van der Waals surface area contributed by atoms with Gasteiger partial charge >= 0.3 is 0 Å². The summed E-state index contributed by atoms with van der Waals surface area (Å²) in [6.07, 6.45) is 2.36. The number of hydrogen-bond acceptors (Lipinski definition) is 1. The van der Waals surface area contributed by atoms with E-state index in [4.69, 9.17) is 4.74 Å². The van der Waals surface area contributed by atoms with E-state index in [0.717, 1.165) is 19.4 Å². The molecule has 1 heterocycles. The van der Waals surface area contributed by atoms with Crippen molar-refractivity contribution in [1.82, 2.24) is 0 Å². The molecule has 1 saturated heterocycles. The van der Waals surface area contributed by atoms with Gasteiger partial charge in [0.2, 0.25) is 0 Å². The minimum absolute atomic E-state index is 0.157. The third-order valence-corrected chi connectivity index (χ3v) is 5.10. The molecule has 1 unspecified atom stereocenters. The van der Waals surface area contributed by atoms with Crippen LogP contribution in [0.25, 0.3) is 0 Å². The second-order valence-electron chi connectivity index (χ2n) is 6.41. The van der Waals surface area contributed by atoms with Crippen LogP contribution in [-0.2, 0) is 10.2 Å². The van der Waals surface area contributed by atoms with Crippen molar-refractivity contribution in [2.75, 3.05) is 6.61 Å². The second-order valence-corrected chi connectivity index (χ2v) is 6.41. The van der Waals surface area contributed by atoms with Crippen molar-refractivity contribution >= 4 is 0 Å². The maximum absolute atomic E-state index is 6.28. The Balaban J connectivity index is 2.03. The van der Waals surface area contributed by atoms with E-state index in [1.165, 1.54) is 16.7 Å². The maximum Gasteiger partial charge on any atom is 0.0754 e. The molecule has 1 fully saturated rings. The lowest BCUT2D eigenvalue weighted by molar-refractivity contribution is 0.0728. The highest BCUT2D eigenvalue weighted by Gasteiger charge is 2.45. The molecule has 1 aliphatic rings. The Morgan fingerprint density at radius 2 is 1.04 bits per heavy atom. The first-order valence-electron chi connectivity index (χ1n) is 8.70. The fourth-order valence-corrected chi connectivity index (χ4v) is 4.08. The maximum atomic E-state index is 6.28. The Morgan fingerprint density at radius 1 is 0.625 bits per heavy atom. The minimum Gasteiger partial charge on any atom is -0.377 e. The monoisotopic (exact) mass is 314 g/mol. The van der Waals surface area contributed by atoms with E-state index < -0.39 is 0 Å². The van der Waals surface area contributed by atoms with Crippen LogP contribution < -0.4 is 0 Å². The zero-order chi connectivity index (χ0) is 16.2. The Morgan fingerprint density at radius 3 is 1.38 bits per heavy atom. The van der Waals surface area contributed by atoms with Gasteiger partial charge in [0.15, 0.2) is 0 Å². The van der Waals surface area contributed by atoms with Crippen LogP contribution in [0.3, 0.4) is 0 Å². The van der Waals surface area contributed by atoms with Gasteiger partial charge in [-0.05, 0) is 29.5 Å². The lowest BCUT2D eigenvalue weighted by Gasteiger charge is -2.40. The molecule has 0 radical (unpaired) electrons. The average Bonchev–Trinajstić information content (AvgIpc) is 3.20. The standard InChI is InChI=1S/C23H22O/c1-4-11-19(12-5-1)23(22-17-10-18-24-22,20-13-6-2-7-14-20)21-15-8-3-9-16-21/h1-9,11-16,22H,10,17-18H2. The van der Waals surface area contributed by atoms with Gasteiger partial charge in [-0.2, -0.15) is 0 Å². The van der Waals surface area contributed by atoms with E-state index in [0.29, 0.717) is 0 Å². The van der Waals surface area contributed by atoms with Crippen LogP contribution in [-0.4, -0.2) is 12.7 Å². The molecule has 3 aromatic rings. The predicted molar refractivity (Wildman–Crippen MR) is 98.2 cm³/mol. The van der Waals surface area contributed by atoms with Crippen LogP contribution in [0.5, 0.6) is 0 Å². The summed E-state index contributed by atoms with van der Waals surface area (Å²) in [6.45, 7) is 0.846. The van der Waals surface area contributed by atoms with Gasteiger partial charge < -0.3 is 4.74 Å². The Kier molecular flexibility index (Phi) is 4.18. The molecule has 0 bridgehead atoms. The van der Waals surface area contributed by atoms with E-state index in [9.17, 15) is 0 Å². The summed E-state index contributed by atoms with van der Waals surface area (Å²) >= 11 is 0. The first-order chi connectivity index (χ1) is 11.9. The molecule has 1 heteroatoms. The van der Waals surface area contributed by atoms with Crippen LogP contribution >= 0.6 is 0 Å². The summed E-state index contributed by atoms with van der Waals surface area (Å²) in [5, 5.41) is 0. The summed E-state index contributed by atoms with van der Waals surface area (Å²) in [7, 11) is 0. The van der Waals surface area contributed by atoms with Crippen molar-refractivity contribution in [3.8, 4) is 0 Å². The van der Waals surface area contributed by atoms with Crippen molar-refractivity contribution in [2.24, 2.45) is 0 Å². The normalized spacial score (nSPS) is 17.8. The largest absolute Gasteiger partial charge is 0.377 e. The van der Waals surface area contributed by atoms with Crippen LogP contribution in [0.2, 0.25) is 0 Å². The first kappa shape index (κ1) is 15.2. The smallest absolute Gasteiger partial charge is 0.0754 e. The van der Waals surface area contributed by atoms with Crippen LogP contribution in [0.1, 0.15) is 29.5 Å². The molecule has 1 atom stereocenters. The highest BCUT2D eigenvalue weighted by molar-refractivity contribution is 5.52. The topological polar surface area (TPSA) is 9.23 Å². The third kappa shape index (κ3) is 2.46. The molecule has 0 spiro atoms. The average molecular weight is 314 g/mol. The fraction of sp³-hybridized carbons (Fsp3) is 0.217. The van der Waals surface area contributed by atoms with Gasteiger partial charge in [0.1, 0.15) is 0 Å². The fourth-order valence-electron chi connectivity index (χ4n) is 4.08. The molecule has 3 aromatic carbocycles. The van der Waals surface area contributed by atoms with Gasteiger partial charge in [0, 0.05) is 6.61 Å². The van der Waals surface area contributed by atoms with E-state index in [1.807, 2.05) is 0 Å². The number of rotatable bonds is 4. The van der Waals surface area contributed by atoms with Gasteiger partial charge in [-0.3, -0.25) is 0 Å². The SMILES string of the molecule is c1ccc(C(c2ccccc2)(c2ccccc2)C2CCCO2)cc1. The zero-order valence-corrected chi connectivity index (χ0v) is 13.8. The van der Waals surface area contributed by atoms with Crippen LogP contribution in [0, 0.1) is 0 Å². The van der Waals surface area contributed by atoms with Crippen LogP contribution in [0.15, 0.2) is 91.0 Å². The van der Waals surface area contributed by atoms with Crippen molar-refractivity contribution in [2.45, 2.75) is 24.4 Å². The summed E-state index contributed by atoms with van der Waals surface area (Å²) < 4.78 is 6.28. The van der Waals surface area contributed by atoms with Crippen LogP contribution in [0.4, 0.5) is 0 Å².